The Hall–Kier alpha value is -1.27. The van der Waals surface area contributed by atoms with Gasteiger partial charge in [0.25, 0.3) is 0 Å². The van der Waals surface area contributed by atoms with Crippen LogP contribution in [0.5, 0.6) is 0 Å². The van der Waals surface area contributed by atoms with Crippen molar-refractivity contribution in [3.05, 3.63) is 24.3 Å². The molecule has 0 radical (unpaired) electrons. The number of hydrogen-bond donors (Lipinski definition) is 2. The van der Waals surface area contributed by atoms with Crippen LogP contribution in [0, 0.1) is 0 Å². The monoisotopic (exact) mass is 244 g/mol. The van der Waals surface area contributed by atoms with Gasteiger partial charge < -0.3 is 10.1 Å². The van der Waals surface area contributed by atoms with Crippen molar-refractivity contribution in [1.82, 2.24) is 0 Å². The Morgan fingerprint density at radius 1 is 1.19 bits per heavy atom. The minimum absolute atomic E-state index is 0.0444. The number of ether oxygens (including phenoxy) is 1. The molecule has 0 spiro atoms. The Morgan fingerprint density at radius 3 is 2.25 bits per heavy atom. The molecule has 0 saturated carbocycles. The smallest absolute Gasteiger partial charge is 0.234 e. The summed E-state index contributed by atoms with van der Waals surface area (Å²) in [5, 5.41) is 2.95. The molecule has 0 fully saturated rings. The predicted molar refractivity (Wildman–Crippen MR) is 65.3 cm³/mol. The molecule has 0 aliphatic carbocycles. The third-order valence-corrected chi connectivity index (χ3v) is 3.25. The summed E-state index contributed by atoms with van der Waals surface area (Å²) in [5.74, 6) is -0.0444. The topological polar surface area (TPSA) is 67.4 Å². The molecule has 1 aromatic carbocycles. The van der Waals surface area contributed by atoms with Crippen LogP contribution in [-0.2, 0) is 14.8 Å². The maximum absolute atomic E-state index is 11.5. The molecule has 16 heavy (non-hydrogen) atoms. The molecule has 90 valence electrons. The van der Waals surface area contributed by atoms with Crippen LogP contribution in [0.4, 0.5) is 11.4 Å². The van der Waals surface area contributed by atoms with Gasteiger partial charge >= 0.3 is 0 Å². The van der Waals surface area contributed by atoms with Crippen molar-refractivity contribution in [3.63, 3.8) is 0 Å². The number of benzene rings is 1. The fourth-order valence-electron chi connectivity index (χ4n) is 1.13. The SMILES string of the molecule is CNc1ccc(NS(=O)(=O)CCOC)cc1. The summed E-state index contributed by atoms with van der Waals surface area (Å²) < 4.78 is 30.2. The van der Waals surface area contributed by atoms with Crippen molar-refractivity contribution < 1.29 is 13.2 Å². The highest BCUT2D eigenvalue weighted by Crippen LogP contribution is 2.14. The lowest BCUT2D eigenvalue weighted by Crippen LogP contribution is -2.19. The van der Waals surface area contributed by atoms with E-state index in [0.717, 1.165) is 5.69 Å². The fourth-order valence-corrected chi connectivity index (χ4v) is 2.11. The first-order valence-electron chi connectivity index (χ1n) is 4.84. The van der Waals surface area contributed by atoms with Crippen molar-refractivity contribution >= 4 is 21.4 Å². The molecule has 0 aromatic heterocycles. The number of anilines is 2. The average molecular weight is 244 g/mol. The highest BCUT2D eigenvalue weighted by atomic mass is 32.2. The quantitative estimate of drug-likeness (QED) is 0.787. The van der Waals surface area contributed by atoms with Crippen LogP contribution < -0.4 is 10.0 Å². The largest absolute Gasteiger partial charge is 0.388 e. The van der Waals surface area contributed by atoms with Gasteiger partial charge in [-0.2, -0.15) is 0 Å². The van der Waals surface area contributed by atoms with Gasteiger partial charge in [0.1, 0.15) is 0 Å². The Bertz CT molecular complexity index is 414. The number of sulfonamides is 1. The van der Waals surface area contributed by atoms with E-state index < -0.39 is 10.0 Å². The Labute approximate surface area is 95.9 Å². The summed E-state index contributed by atoms with van der Waals surface area (Å²) >= 11 is 0. The lowest BCUT2D eigenvalue weighted by molar-refractivity contribution is 0.217. The van der Waals surface area contributed by atoms with Crippen molar-refractivity contribution in [2.24, 2.45) is 0 Å². The van der Waals surface area contributed by atoms with Crippen molar-refractivity contribution in [2.75, 3.05) is 36.6 Å². The molecule has 5 nitrogen and oxygen atoms in total. The Kier molecular flexibility index (Phi) is 4.57. The number of methoxy groups -OCH3 is 1. The van der Waals surface area contributed by atoms with Crippen LogP contribution in [0.3, 0.4) is 0 Å². The molecule has 0 bridgehead atoms. The fraction of sp³-hybridized carbons (Fsp3) is 0.400. The molecule has 6 heteroatoms. The van der Waals surface area contributed by atoms with E-state index in [0.29, 0.717) is 5.69 Å². The highest BCUT2D eigenvalue weighted by molar-refractivity contribution is 7.92. The van der Waals surface area contributed by atoms with Crippen LogP contribution in [0.25, 0.3) is 0 Å². The molecule has 0 aliphatic heterocycles. The van der Waals surface area contributed by atoms with E-state index in [4.69, 9.17) is 4.74 Å². The molecule has 0 amide bonds. The Morgan fingerprint density at radius 2 is 1.75 bits per heavy atom. The van der Waals surface area contributed by atoms with Crippen LogP contribution in [0.15, 0.2) is 24.3 Å². The second kappa shape index (κ2) is 5.72. The van der Waals surface area contributed by atoms with Gasteiger partial charge in [0.15, 0.2) is 0 Å². The summed E-state index contributed by atoms with van der Waals surface area (Å²) in [6.07, 6.45) is 0. The number of rotatable bonds is 6. The summed E-state index contributed by atoms with van der Waals surface area (Å²) in [6.45, 7) is 0.184. The first-order valence-corrected chi connectivity index (χ1v) is 6.50. The van der Waals surface area contributed by atoms with Gasteiger partial charge in [0.05, 0.1) is 12.4 Å². The van der Waals surface area contributed by atoms with Gasteiger partial charge in [-0.05, 0) is 24.3 Å². The van der Waals surface area contributed by atoms with Crippen molar-refractivity contribution in [1.29, 1.82) is 0 Å². The molecule has 0 heterocycles. The normalized spacial score (nSPS) is 11.1. The zero-order valence-electron chi connectivity index (χ0n) is 9.36. The molecule has 1 rings (SSSR count). The van der Waals surface area contributed by atoms with E-state index in [1.165, 1.54) is 7.11 Å². The zero-order valence-corrected chi connectivity index (χ0v) is 10.2. The third-order valence-electron chi connectivity index (χ3n) is 2.00. The molecule has 2 N–H and O–H groups in total. The zero-order chi connectivity index (χ0) is 12.0. The van der Waals surface area contributed by atoms with E-state index >= 15 is 0 Å². The van der Waals surface area contributed by atoms with Gasteiger partial charge in [-0.3, -0.25) is 4.72 Å². The van der Waals surface area contributed by atoms with Gasteiger partial charge in [0, 0.05) is 25.5 Å². The molecule has 1 aromatic rings. The van der Waals surface area contributed by atoms with Gasteiger partial charge in [-0.1, -0.05) is 0 Å². The van der Waals surface area contributed by atoms with Crippen LogP contribution >= 0.6 is 0 Å². The van der Waals surface area contributed by atoms with Crippen LogP contribution in [0.1, 0.15) is 0 Å². The third kappa shape index (κ3) is 4.08. The summed E-state index contributed by atoms with van der Waals surface area (Å²) in [6, 6.07) is 7.01. The lowest BCUT2D eigenvalue weighted by atomic mass is 10.3. The molecular weight excluding hydrogens is 228 g/mol. The van der Waals surface area contributed by atoms with Crippen molar-refractivity contribution in [2.45, 2.75) is 0 Å². The number of hydrogen-bond acceptors (Lipinski definition) is 4. The van der Waals surface area contributed by atoms with E-state index in [2.05, 4.69) is 10.0 Å². The standard InChI is InChI=1S/C10H16N2O3S/c1-11-9-3-5-10(6-4-9)12-16(13,14)8-7-15-2/h3-6,11-12H,7-8H2,1-2H3. The average Bonchev–Trinajstić information content (AvgIpc) is 2.27. The lowest BCUT2D eigenvalue weighted by Gasteiger charge is -2.08. The first kappa shape index (κ1) is 12.8. The molecule has 0 aliphatic rings. The second-order valence-electron chi connectivity index (χ2n) is 3.24. The number of nitrogens with one attached hydrogen (secondary N) is 2. The minimum Gasteiger partial charge on any atom is -0.388 e. The van der Waals surface area contributed by atoms with E-state index in [1.54, 1.807) is 31.3 Å². The predicted octanol–water partition coefficient (Wildman–Crippen LogP) is 1.12. The highest BCUT2D eigenvalue weighted by Gasteiger charge is 2.09. The van der Waals surface area contributed by atoms with Gasteiger partial charge in [-0.15, -0.1) is 0 Å². The second-order valence-corrected chi connectivity index (χ2v) is 5.08. The van der Waals surface area contributed by atoms with Crippen LogP contribution in [0.2, 0.25) is 0 Å². The molecular formula is C10H16N2O3S. The molecule has 0 saturated heterocycles. The van der Waals surface area contributed by atoms with Crippen molar-refractivity contribution in [3.8, 4) is 0 Å². The maximum atomic E-state index is 11.5. The van der Waals surface area contributed by atoms with Gasteiger partial charge in [-0.25, -0.2) is 8.42 Å². The Balaban J connectivity index is 2.65. The van der Waals surface area contributed by atoms with Crippen LogP contribution in [-0.4, -0.2) is 34.9 Å². The van der Waals surface area contributed by atoms with E-state index in [1.807, 2.05) is 0 Å². The minimum atomic E-state index is -3.31. The summed E-state index contributed by atoms with van der Waals surface area (Å²) in [4.78, 5) is 0. The molecule has 0 unspecified atom stereocenters. The van der Waals surface area contributed by atoms with E-state index in [9.17, 15) is 8.42 Å². The van der Waals surface area contributed by atoms with E-state index in [-0.39, 0.29) is 12.4 Å². The summed E-state index contributed by atoms with van der Waals surface area (Å²) in [7, 11) is -0.0389. The summed E-state index contributed by atoms with van der Waals surface area (Å²) in [5.41, 5.74) is 1.48. The molecule has 0 atom stereocenters. The maximum Gasteiger partial charge on any atom is 0.234 e. The first-order chi connectivity index (χ1) is 7.57. The van der Waals surface area contributed by atoms with Gasteiger partial charge in [0.2, 0.25) is 10.0 Å².